The molecule has 1 aromatic heterocycles. The second-order valence-corrected chi connectivity index (χ2v) is 7.90. The molecule has 3 N–H and O–H groups in total. The summed E-state index contributed by atoms with van der Waals surface area (Å²) in [5.74, 6) is -3.08. The van der Waals surface area contributed by atoms with E-state index in [1.54, 1.807) is 19.1 Å². The molecule has 2 atom stereocenters. The lowest BCUT2D eigenvalue weighted by Crippen LogP contribution is -2.86. The van der Waals surface area contributed by atoms with Crippen molar-refractivity contribution in [1.29, 1.82) is 0 Å². The lowest BCUT2D eigenvalue weighted by molar-refractivity contribution is -0.161. The highest BCUT2D eigenvalue weighted by atomic mass is 32.2. The van der Waals surface area contributed by atoms with E-state index >= 15 is 0 Å². The van der Waals surface area contributed by atoms with E-state index in [2.05, 4.69) is 10.6 Å². The predicted molar refractivity (Wildman–Crippen MR) is 108 cm³/mol. The fourth-order valence-electron chi connectivity index (χ4n) is 3.34. The van der Waals surface area contributed by atoms with E-state index in [0.717, 1.165) is 16.7 Å². The van der Waals surface area contributed by atoms with Crippen molar-refractivity contribution < 1.29 is 43.0 Å². The van der Waals surface area contributed by atoms with Gasteiger partial charge in [-0.05, 0) is 19.1 Å². The van der Waals surface area contributed by atoms with Gasteiger partial charge in [0, 0.05) is 18.2 Å². The molecule has 3 amide bonds. The smallest absolute Gasteiger partial charge is 0.409 e. The van der Waals surface area contributed by atoms with Crippen LogP contribution in [-0.4, -0.2) is 69.9 Å². The molecule has 1 aromatic rings. The van der Waals surface area contributed by atoms with Crippen LogP contribution in [0.25, 0.3) is 0 Å². The van der Waals surface area contributed by atoms with Crippen molar-refractivity contribution in [2.24, 2.45) is 0 Å². The molecule has 0 aliphatic carbocycles. The normalized spacial score (nSPS) is 21.9. The van der Waals surface area contributed by atoms with Crippen molar-refractivity contribution in [2.45, 2.75) is 31.3 Å². The number of carbonyl (C=O) groups excluding carboxylic acids is 4. The molecular formula is C19H21N3O9S. The van der Waals surface area contributed by atoms with E-state index in [1.165, 1.54) is 13.2 Å². The van der Waals surface area contributed by atoms with Gasteiger partial charge in [0.1, 0.15) is 23.4 Å². The third-order valence-electron chi connectivity index (χ3n) is 4.63. The zero-order valence-electron chi connectivity index (χ0n) is 17.2. The Balaban J connectivity index is 1.89. The number of thioether (sulfide) groups is 1. The summed E-state index contributed by atoms with van der Waals surface area (Å²) in [5.41, 5.74) is -2.07. The number of amides is 3. The average molecular weight is 467 g/mol. The van der Waals surface area contributed by atoms with Crippen LogP contribution in [0, 0.1) is 0 Å². The number of aliphatic carboxylic acids is 1. The maximum absolute atomic E-state index is 13.2. The molecule has 0 unspecified atom stereocenters. The number of β-lactam (4-membered cyclic amide) rings is 1. The number of hydrogen-bond donors (Lipinski definition) is 3. The lowest BCUT2D eigenvalue weighted by atomic mass is 9.94. The number of furan rings is 1. The van der Waals surface area contributed by atoms with Gasteiger partial charge in [-0.25, -0.2) is 9.59 Å². The van der Waals surface area contributed by atoms with Gasteiger partial charge >= 0.3 is 18.0 Å². The van der Waals surface area contributed by atoms with E-state index < -0.39 is 40.9 Å². The van der Waals surface area contributed by atoms with Gasteiger partial charge in [-0.2, -0.15) is 0 Å². The number of hydrogen-bond acceptors (Lipinski definition) is 9. The van der Waals surface area contributed by atoms with Crippen molar-refractivity contribution in [2.75, 3.05) is 19.0 Å². The standard InChI is InChI=1S/C19H21N3O9S/c1-3-29-18(28)21-19(20-13(24)7-12-5-4-6-30-12)16(27)22-14(15(25)26)11(8-31-10(2)23)9-32-17(19)22/h4-6,17H,3,7-9H2,1-2H3,(H,20,24)(H,21,28)(H,25,26)/t17-,19+/m1/s1. The molecule has 2 aliphatic heterocycles. The molecular weight excluding hydrogens is 446 g/mol. The summed E-state index contributed by atoms with van der Waals surface area (Å²) in [4.78, 5) is 61.9. The van der Waals surface area contributed by atoms with Crippen LogP contribution >= 0.6 is 11.8 Å². The third kappa shape index (κ3) is 4.42. The Kier molecular flexibility index (Phi) is 6.77. The Hall–Kier alpha value is -3.48. The Morgan fingerprint density at radius 2 is 2.06 bits per heavy atom. The highest BCUT2D eigenvalue weighted by Crippen LogP contribution is 2.45. The predicted octanol–water partition coefficient (Wildman–Crippen LogP) is 0.198. The van der Waals surface area contributed by atoms with Gasteiger partial charge in [0.05, 0.1) is 19.3 Å². The summed E-state index contributed by atoms with van der Waals surface area (Å²) >= 11 is 1.10. The largest absolute Gasteiger partial charge is 0.477 e. The zero-order chi connectivity index (χ0) is 23.5. The van der Waals surface area contributed by atoms with Crippen molar-refractivity contribution in [1.82, 2.24) is 15.5 Å². The Morgan fingerprint density at radius 1 is 1.31 bits per heavy atom. The summed E-state index contributed by atoms with van der Waals surface area (Å²) in [5, 5.41) is 13.6. The van der Waals surface area contributed by atoms with Gasteiger partial charge in [0.15, 0.2) is 0 Å². The number of alkyl carbamates (subject to hydrolysis) is 1. The number of carboxylic acids is 1. The first-order chi connectivity index (χ1) is 15.2. The number of carboxylic acid groups (broad SMARTS) is 1. The minimum Gasteiger partial charge on any atom is -0.477 e. The number of rotatable bonds is 8. The average Bonchev–Trinajstić information content (AvgIpc) is 3.23. The van der Waals surface area contributed by atoms with Gasteiger partial charge in [0.2, 0.25) is 11.6 Å². The maximum atomic E-state index is 13.2. The van der Waals surface area contributed by atoms with Gasteiger partial charge in [-0.3, -0.25) is 24.6 Å². The van der Waals surface area contributed by atoms with Crippen LogP contribution in [0.4, 0.5) is 4.79 Å². The molecule has 13 heteroatoms. The molecule has 3 heterocycles. The first-order valence-electron chi connectivity index (χ1n) is 9.51. The van der Waals surface area contributed by atoms with E-state index in [0.29, 0.717) is 5.76 Å². The van der Waals surface area contributed by atoms with Crippen LogP contribution in [0.15, 0.2) is 34.1 Å². The van der Waals surface area contributed by atoms with Crippen LogP contribution < -0.4 is 10.6 Å². The molecule has 3 rings (SSSR count). The number of nitrogens with one attached hydrogen (secondary N) is 2. The number of esters is 1. The number of carbonyl (C=O) groups is 5. The summed E-state index contributed by atoms with van der Waals surface area (Å²) in [6.45, 7) is 2.46. The summed E-state index contributed by atoms with van der Waals surface area (Å²) in [7, 11) is 0. The number of nitrogens with zero attached hydrogens (tertiary/aromatic N) is 1. The summed E-state index contributed by atoms with van der Waals surface area (Å²) in [6.07, 6.45) is 0.228. The van der Waals surface area contributed by atoms with Gasteiger partial charge in [-0.15, -0.1) is 11.8 Å². The minimum absolute atomic E-state index is 0.0186. The van der Waals surface area contributed by atoms with E-state index in [1.807, 2.05) is 0 Å². The van der Waals surface area contributed by atoms with Gasteiger partial charge in [-0.1, -0.05) is 0 Å². The first-order valence-corrected chi connectivity index (χ1v) is 10.6. The van der Waals surface area contributed by atoms with Crippen molar-refractivity contribution >= 4 is 41.6 Å². The minimum atomic E-state index is -1.92. The molecule has 1 saturated heterocycles. The van der Waals surface area contributed by atoms with Crippen LogP contribution in [0.1, 0.15) is 19.6 Å². The van der Waals surface area contributed by atoms with Crippen molar-refractivity contribution in [3.8, 4) is 0 Å². The Labute approximate surface area is 186 Å². The first kappa shape index (κ1) is 23.2. The Morgan fingerprint density at radius 3 is 2.66 bits per heavy atom. The van der Waals surface area contributed by atoms with Crippen molar-refractivity contribution in [3.05, 3.63) is 35.4 Å². The van der Waals surface area contributed by atoms with E-state index in [-0.39, 0.29) is 36.7 Å². The van der Waals surface area contributed by atoms with E-state index in [9.17, 15) is 29.1 Å². The molecule has 0 saturated carbocycles. The summed E-state index contributed by atoms with van der Waals surface area (Å²) < 4.78 is 14.9. The molecule has 0 spiro atoms. The highest BCUT2D eigenvalue weighted by molar-refractivity contribution is 8.00. The molecule has 172 valence electrons. The maximum Gasteiger partial charge on any atom is 0.409 e. The molecule has 32 heavy (non-hydrogen) atoms. The molecule has 0 aromatic carbocycles. The van der Waals surface area contributed by atoms with Gasteiger partial charge in [0.25, 0.3) is 5.91 Å². The summed E-state index contributed by atoms with van der Waals surface area (Å²) in [6, 6.07) is 3.17. The van der Waals surface area contributed by atoms with Crippen LogP contribution in [0.5, 0.6) is 0 Å². The van der Waals surface area contributed by atoms with Gasteiger partial charge < -0.3 is 24.3 Å². The van der Waals surface area contributed by atoms with Crippen LogP contribution in [0.3, 0.4) is 0 Å². The highest BCUT2D eigenvalue weighted by Gasteiger charge is 2.67. The van der Waals surface area contributed by atoms with E-state index in [4.69, 9.17) is 13.9 Å². The quantitative estimate of drug-likeness (QED) is 0.273. The third-order valence-corrected chi connectivity index (χ3v) is 6.03. The monoisotopic (exact) mass is 467 g/mol. The second-order valence-electron chi connectivity index (χ2n) is 6.83. The second kappa shape index (κ2) is 9.34. The lowest BCUT2D eigenvalue weighted by Gasteiger charge is -2.56. The molecule has 12 nitrogen and oxygen atoms in total. The molecule has 1 fully saturated rings. The molecule has 0 bridgehead atoms. The zero-order valence-corrected chi connectivity index (χ0v) is 18.0. The topological polar surface area (TPSA) is 164 Å². The Bertz CT molecular complexity index is 975. The molecule has 0 radical (unpaired) electrons. The number of ether oxygens (including phenoxy) is 2. The fraction of sp³-hybridized carbons (Fsp3) is 0.421. The fourth-order valence-corrected chi connectivity index (χ4v) is 4.74. The SMILES string of the molecule is CCOC(=O)N[C@@]1(NC(=O)Cc2ccco2)C(=O)N2C(C(=O)O)=C(COC(C)=O)CS[C@@H]21. The number of fused-ring (bicyclic) bond motifs is 1. The van der Waals surface area contributed by atoms with Crippen molar-refractivity contribution in [3.63, 3.8) is 0 Å². The molecule has 2 aliphatic rings. The van der Waals surface area contributed by atoms with Crippen LogP contribution in [-0.2, 0) is 35.1 Å². The van der Waals surface area contributed by atoms with Crippen LogP contribution in [0.2, 0.25) is 0 Å².